The van der Waals surface area contributed by atoms with Gasteiger partial charge >= 0.3 is 11.9 Å². The smallest absolute Gasteiger partial charge is 0.305 e. The van der Waals surface area contributed by atoms with Crippen LogP contribution < -0.4 is 16.2 Å². The van der Waals surface area contributed by atoms with Crippen molar-refractivity contribution in [3.63, 3.8) is 0 Å². The summed E-state index contributed by atoms with van der Waals surface area (Å²) in [7, 11) is 0. The van der Waals surface area contributed by atoms with E-state index in [9.17, 15) is 60.0 Å². The van der Waals surface area contributed by atoms with Crippen LogP contribution >= 0.6 is 23.5 Å². The summed E-state index contributed by atoms with van der Waals surface area (Å²) in [4.78, 5) is 48.0. The van der Waals surface area contributed by atoms with Gasteiger partial charge in [-0.3, -0.25) is 24.1 Å². The number of carboxylic acids is 2. The number of rotatable bonds is 26. The SMILES string of the molecule is N[C@@H](CC(=O)O)C(=O)SCc1ccc(OCCN(C[C@H](O)[C@@H](O)[C@H](O)[C@H](O)CO)C[C@H](O)[C@@H](O)[C@H](O)[C@H](O)CO)cc1CSC(=O)[C@@H](N)CC(=O)O. The van der Waals surface area contributed by atoms with Crippen molar-refractivity contribution in [3.8, 4) is 5.75 Å². The Hall–Kier alpha value is -2.52. The second-order valence-corrected chi connectivity index (χ2v) is 13.7. The van der Waals surface area contributed by atoms with Gasteiger partial charge in [0.1, 0.15) is 49.0 Å². The monoisotopic (exact) mass is 787 g/mol. The molecule has 1 aromatic carbocycles. The second-order valence-electron chi connectivity index (χ2n) is 11.8. The van der Waals surface area contributed by atoms with Crippen LogP contribution in [0.3, 0.4) is 0 Å². The van der Waals surface area contributed by atoms with Gasteiger partial charge in [0.15, 0.2) is 0 Å². The number of aliphatic hydroxyl groups excluding tert-OH is 10. The van der Waals surface area contributed by atoms with Crippen molar-refractivity contribution in [2.75, 3.05) is 39.5 Å². The van der Waals surface area contributed by atoms with E-state index < -0.39 is 122 Å². The summed E-state index contributed by atoms with van der Waals surface area (Å²) in [5.41, 5.74) is 12.3. The number of carbonyl (C=O) groups excluding carboxylic acids is 2. The molecule has 0 heterocycles. The zero-order valence-electron chi connectivity index (χ0n) is 27.9. The average molecular weight is 788 g/mol. The predicted molar refractivity (Wildman–Crippen MR) is 184 cm³/mol. The highest BCUT2D eigenvalue weighted by atomic mass is 32.2. The van der Waals surface area contributed by atoms with E-state index >= 15 is 0 Å². The molecule has 20 nitrogen and oxygen atoms in total. The summed E-state index contributed by atoms with van der Waals surface area (Å²) in [6.45, 7) is -3.33. The predicted octanol–water partition coefficient (Wildman–Crippen LogP) is -5.64. The lowest BCUT2D eigenvalue weighted by molar-refractivity contribution is -0.139. The standard InChI is InChI=1S/C30H49N3O17S2/c31-17(6-23(40)41)29(48)51-12-14-1-2-16(5-15(14)13-52-30(49)18(32)7-24(42)43)50-4-3-33(8-19(36)25(44)27(46)21(38)10-34)9-20(37)26(45)28(47)22(39)11-35/h1-2,5,17-22,25-28,34-39,44-47H,3-4,6-13,31-32H2,(H,40,41)(H,42,43)/t17-,18-,19-,20-,21+,22+,25+,26+,27+,28+/m0/s1. The van der Waals surface area contributed by atoms with Crippen molar-refractivity contribution < 1.29 is 85.2 Å². The Balaban J connectivity index is 3.20. The summed E-state index contributed by atoms with van der Waals surface area (Å²) in [6, 6.07) is 1.97. The molecule has 52 heavy (non-hydrogen) atoms. The number of carboxylic acid groups (broad SMARTS) is 2. The van der Waals surface area contributed by atoms with E-state index in [0.29, 0.717) is 22.9 Å². The Labute approximate surface area is 306 Å². The first-order valence-electron chi connectivity index (χ1n) is 15.7. The number of thioether (sulfide) groups is 2. The molecule has 0 spiro atoms. The van der Waals surface area contributed by atoms with Crippen LogP contribution in [0.5, 0.6) is 5.75 Å². The molecule has 0 aliphatic carbocycles. The number of aliphatic carboxylic acids is 2. The Bertz CT molecular complexity index is 1250. The van der Waals surface area contributed by atoms with Gasteiger partial charge in [0.2, 0.25) is 10.2 Å². The molecular weight excluding hydrogens is 738 g/mol. The summed E-state index contributed by atoms with van der Waals surface area (Å²) in [5, 5.41) is 116. The zero-order chi connectivity index (χ0) is 39.7. The quantitative estimate of drug-likeness (QED) is 0.0416. The highest BCUT2D eigenvalue weighted by Crippen LogP contribution is 2.27. The highest BCUT2D eigenvalue weighted by Gasteiger charge is 2.34. The number of carbonyl (C=O) groups is 4. The maximum Gasteiger partial charge on any atom is 0.305 e. The Morgan fingerprint density at radius 2 is 1.06 bits per heavy atom. The van der Waals surface area contributed by atoms with Gasteiger partial charge in [0.05, 0.1) is 50.3 Å². The molecule has 16 N–H and O–H groups in total. The van der Waals surface area contributed by atoms with Crippen molar-refractivity contribution in [3.05, 3.63) is 29.3 Å². The number of nitrogens with two attached hydrogens (primary N) is 2. The number of benzene rings is 1. The lowest BCUT2D eigenvalue weighted by atomic mass is 10.0. The number of ether oxygens (including phenoxy) is 1. The molecule has 0 aromatic heterocycles. The van der Waals surface area contributed by atoms with Crippen molar-refractivity contribution in [2.45, 2.75) is 85.3 Å². The molecule has 0 aliphatic rings. The molecule has 22 heteroatoms. The lowest BCUT2D eigenvalue weighted by Crippen LogP contribution is -2.53. The maximum absolute atomic E-state index is 12.5. The van der Waals surface area contributed by atoms with Crippen LogP contribution in [-0.4, -0.2) is 189 Å². The van der Waals surface area contributed by atoms with Crippen LogP contribution in [0.1, 0.15) is 24.0 Å². The molecule has 0 saturated heterocycles. The summed E-state index contributed by atoms with van der Waals surface area (Å²) < 4.78 is 5.81. The fraction of sp³-hybridized carbons (Fsp3) is 0.667. The van der Waals surface area contributed by atoms with Crippen LogP contribution in [0.2, 0.25) is 0 Å². The first-order valence-corrected chi connectivity index (χ1v) is 17.7. The normalized spacial score (nSPS) is 17.6. The maximum atomic E-state index is 12.5. The Kier molecular flexibility index (Phi) is 21.9. The van der Waals surface area contributed by atoms with E-state index in [1.165, 1.54) is 17.0 Å². The molecule has 0 aliphatic heterocycles. The van der Waals surface area contributed by atoms with Crippen molar-refractivity contribution in [1.82, 2.24) is 4.90 Å². The first-order chi connectivity index (χ1) is 24.3. The molecular formula is C30H49N3O17S2. The number of hydrogen-bond donors (Lipinski definition) is 14. The van der Waals surface area contributed by atoms with E-state index in [-0.39, 0.29) is 30.4 Å². The van der Waals surface area contributed by atoms with Gasteiger partial charge < -0.3 is 77.5 Å². The fourth-order valence-corrected chi connectivity index (χ4v) is 6.18. The molecule has 0 unspecified atom stereocenters. The van der Waals surface area contributed by atoms with Crippen LogP contribution in [0, 0.1) is 0 Å². The molecule has 0 amide bonds. The van der Waals surface area contributed by atoms with E-state index in [0.717, 1.165) is 11.8 Å². The number of aliphatic hydroxyl groups is 10. The van der Waals surface area contributed by atoms with Crippen molar-refractivity contribution >= 4 is 45.7 Å². The molecule has 0 saturated carbocycles. The molecule has 298 valence electrons. The highest BCUT2D eigenvalue weighted by molar-refractivity contribution is 8.13. The van der Waals surface area contributed by atoms with Crippen molar-refractivity contribution in [1.29, 1.82) is 0 Å². The van der Waals surface area contributed by atoms with Gasteiger partial charge in [0, 0.05) is 31.1 Å². The average Bonchev–Trinajstić information content (AvgIpc) is 3.10. The number of hydrogen-bond acceptors (Lipinski definition) is 20. The molecule has 1 rings (SSSR count). The van der Waals surface area contributed by atoms with Gasteiger partial charge in [-0.2, -0.15) is 0 Å². The van der Waals surface area contributed by atoms with E-state index in [1.807, 2.05) is 0 Å². The molecule has 0 radical (unpaired) electrons. The van der Waals surface area contributed by atoms with Gasteiger partial charge in [-0.25, -0.2) is 0 Å². The van der Waals surface area contributed by atoms with Gasteiger partial charge in [-0.15, -0.1) is 0 Å². The van der Waals surface area contributed by atoms with Crippen LogP contribution in [0.4, 0.5) is 0 Å². The van der Waals surface area contributed by atoms with Gasteiger partial charge in [-0.05, 0) is 23.3 Å². The fourth-order valence-electron chi connectivity index (χ4n) is 4.44. The summed E-state index contributed by atoms with van der Waals surface area (Å²) >= 11 is 1.45. The first kappa shape index (κ1) is 47.5. The Morgan fingerprint density at radius 1 is 0.654 bits per heavy atom. The summed E-state index contributed by atoms with van der Waals surface area (Å²) in [6.07, 6.45) is -16.3. The topological polar surface area (TPSA) is 376 Å². The largest absolute Gasteiger partial charge is 0.492 e. The molecule has 1 aromatic rings. The minimum atomic E-state index is -1.99. The van der Waals surface area contributed by atoms with E-state index in [2.05, 4.69) is 0 Å². The van der Waals surface area contributed by atoms with Gasteiger partial charge in [0.25, 0.3) is 0 Å². The summed E-state index contributed by atoms with van der Waals surface area (Å²) in [5.74, 6) is -2.37. The molecule has 0 fully saturated rings. The number of nitrogens with zero attached hydrogens (tertiary/aromatic N) is 1. The van der Waals surface area contributed by atoms with Crippen molar-refractivity contribution in [2.24, 2.45) is 11.5 Å². The molecule has 10 atom stereocenters. The lowest BCUT2D eigenvalue weighted by Gasteiger charge is -2.33. The van der Waals surface area contributed by atoms with Gasteiger partial charge in [-0.1, -0.05) is 29.6 Å². The van der Waals surface area contributed by atoms with Crippen LogP contribution in [-0.2, 0) is 30.7 Å². The second kappa shape index (κ2) is 24.0. The Morgan fingerprint density at radius 3 is 1.46 bits per heavy atom. The molecule has 0 bridgehead atoms. The van der Waals surface area contributed by atoms with Crippen LogP contribution in [0.25, 0.3) is 0 Å². The third kappa shape index (κ3) is 16.7. The third-order valence-corrected chi connectivity index (χ3v) is 9.61. The minimum absolute atomic E-state index is 0.0135. The van der Waals surface area contributed by atoms with Crippen LogP contribution in [0.15, 0.2) is 18.2 Å². The third-order valence-electron chi connectivity index (χ3n) is 7.53. The van der Waals surface area contributed by atoms with E-state index in [1.54, 1.807) is 6.07 Å². The minimum Gasteiger partial charge on any atom is -0.492 e. The zero-order valence-corrected chi connectivity index (χ0v) is 29.5. The van der Waals surface area contributed by atoms with E-state index in [4.69, 9.17) is 36.6 Å².